The molecule has 2 aliphatic rings. The van der Waals surface area contributed by atoms with E-state index >= 15 is 0 Å². The Hall–Kier alpha value is -0.750. The third-order valence-electron chi connectivity index (χ3n) is 3.36. The maximum atomic E-state index is 12.8. The minimum Gasteiger partial charge on any atom is -0.336 e. The second-order valence-electron chi connectivity index (χ2n) is 4.70. The fourth-order valence-electron chi connectivity index (χ4n) is 2.29. The van der Waals surface area contributed by atoms with E-state index in [1.165, 1.54) is 4.88 Å². The summed E-state index contributed by atoms with van der Waals surface area (Å²) in [6, 6.07) is 0. The monoisotopic (exact) mass is 259 g/mol. The van der Waals surface area contributed by atoms with Gasteiger partial charge in [0.25, 0.3) is 5.92 Å². The molecular formula is C11H15F2N3S. The topological polar surface area (TPSA) is 19.4 Å². The minimum atomic E-state index is -2.51. The van der Waals surface area contributed by atoms with Gasteiger partial charge in [-0.2, -0.15) is 0 Å². The summed E-state index contributed by atoms with van der Waals surface area (Å²) in [5, 5.41) is 0.777. The van der Waals surface area contributed by atoms with E-state index in [4.69, 9.17) is 0 Å². The van der Waals surface area contributed by atoms with Crippen LogP contribution >= 0.6 is 11.3 Å². The number of anilines is 1. The van der Waals surface area contributed by atoms with E-state index < -0.39 is 5.92 Å². The van der Waals surface area contributed by atoms with Gasteiger partial charge in [0.2, 0.25) is 0 Å². The molecule has 2 aliphatic heterocycles. The van der Waals surface area contributed by atoms with Crippen molar-refractivity contribution in [2.24, 2.45) is 0 Å². The van der Waals surface area contributed by atoms with Crippen LogP contribution in [0.2, 0.25) is 0 Å². The molecule has 3 heterocycles. The number of hydrogen-bond donors (Lipinski definition) is 0. The molecule has 3 rings (SSSR count). The Balaban J connectivity index is 1.75. The van der Waals surface area contributed by atoms with Gasteiger partial charge in [-0.1, -0.05) is 6.92 Å². The van der Waals surface area contributed by atoms with E-state index in [0.717, 1.165) is 36.9 Å². The van der Waals surface area contributed by atoms with Crippen LogP contribution < -0.4 is 4.90 Å². The van der Waals surface area contributed by atoms with Crippen LogP contribution in [0.5, 0.6) is 0 Å². The summed E-state index contributed by atoms with van der Waals surface area (Å²) in [7, 11) is 0. The van der Waals surface area contributed by atoms with Crippen molar-refractivity contribution < 1.29 is 8.78 Å². The molecule has 94 valence electrons. The molecule has 0 aromatic carbocycles. The third-order valence-corrected chi connectivity index (χ3v) is 4.58. The molecule has 6 heteroatoms. The number of nitrogens with zero attached hydrogens (tertiary/aromatic N) is 3. The first-order chi connectivity index (χ1) is 8.07. The van der Waals surface area contributed by atoms with Gasteiger partial charge in [-0.25, -0.2) is 13.8 Å². The van der Waals surface area contributed by atoms with Crippen molar-refractivity contribution in [1.29, 1.82) is 0 Å². The zero-order valence-corrected chi connectivity index (χ0v) is 10.6. The molecule has 0 atom stereocenters. The molecule has 0 amide bonds. The number of thiazole rings is 1. The Labute approximate surface area is 103 Å². The molecule has 0 bridgehead atoms. The number of fused-ring (bicyclic) bond motifs is 1. The van der Waals surface area contributed by atoms with E-state index in [1.54, 1.807) is 16.2 Å². The summed E-state index contributed by atoms with van der Waals surface area (Å²) in [4.78, 5) is 9.79. The summed E-state index contributed by atoms with van der Waals surface area (Å²) in [6.07, 6.45) is 1.01. The fourth-order valence-corrected chi connectivity index (χ4v) is 3.35. The van der Waals surface area contributed by atoms with Crippen LogP contribution in [0.15, 0.2) is 0 Å². The van der Waals surface area contributed by atoms with Crippen molar-refractivity contribution in [3.05, 3.63) is 10.6 Å². The summed E-state index contributed by atoms with van der Waals surface area (Å²) in [5.74, 6) is -2.51. The summed E-state index contributed by atoms with van der Waals surface area (Å²) < 4.78 is 25.6. The first-order valence-electron chi connectivity index (χ1n) is 5.91. The molecule has 0 spiro atoms. The summed E-state index contributed by atoms with van der Waals surface area (Å²) in [5.41, 5.74) is 1.09. The predicted octanol–water partition coefficient (Wildman–Crippen LogP) is 1.98. The van der Waals surface area contributed by atoms with Gasteiger partial charge in [0.1, 0.15) is 0 Å². The van der Waals surface area contributed by atoms with Gasteiger partial charge in [-0.15, -0.1) is 11.3 Å². The highest BCUT2D eigenvalue weighted by Crippen LogP contribution is 2.36. The summed E-state index contributed by atoms with van der Waals surface area (Å²) >= 11 is 1.59. The van der Waals surface area contributed by atoms with Gasteiger partial charge < -0.3 is 4.90 Å². The molecule has 3 nitrogen and oxygen atoms in total. The van der Waals surface area contributed by atoms with E-state index in [9.17, 15) is 8.78 Å². The third kappa shape index (κ3) is 2.04. The van der Waals surface area contributed by atoms with Gasteiger partial charge in [0, 0.05) is 18.0 Å². The Kier molecular flexibility index (Phi) is 2.59. The van der Waals surface area contributed by atoms with Gasteiger partial charge in [0.05, 0.1) is 18.8 Å². The number of alkyl halides is 2. The lowest BCUT2D eigenvalue weighted by atomic mass is 10.2. The van der Waals surface area contributed by atoms with E-state index in [2.05, 4.69) is 16.8 Å². The smallest absolute Gasteiger partial charge is 0.282 e. The van der Waals surface area contributed by atoms with E-state index in [-0.39, 0.29) is 13.1 Å². The van der Waals surface area contributed by atoms with Gasteiger partial charge in [0.15, 0.2) is 5.13 Å². The van der Waals surface area contributed by atoms with Crippen molar-refractivity contribution in [1.82, 2.24) is 9.88 Å². The van der Waals surface area contributed by atoms with Crippen molar-refractivity contribution in [2.75, 3.05) is 31.1 Å². The standard InChI is InChI=1S/C11H15F2N3S/c1-2-15-4-3-9-8(5-15)14-10(17-9)16-6-11(12,13)7-16/h2-7H2,1H3. The zero-order valence-electron chi connectivity index (χ0n) is 9.75. The normalized spacial score (nSPS) is 23.4. The SMILES string of the molecule is CCN1CCc2sc(N3CC(F)(F)C3)nc2C1. The first kappa shape index (κ1) is 11.3. The predicted molar refractivity (Wildman–Crippen MR) is 63.9 cm³/mol. The van der Waals surface area contributed by atoms with Crippen LogP contribution in [0.25, 0.3) is 0 Å². The summed E-state index contributed by atoms with van der Waals surface area (Å²) in [6.45, 7) is 4.74. The van der Waals surface area contributed by atoms with Crippen molar-refractivity contribution in [2.45, 2.75) is 25.8 Å². The minimum absolute atomic E-state index is 0.170. The number of aromatic nitrogens is 1. The molecule has 1 fully saturated rings. The van der Waals surface area contributed by atoms with E-state index in [0.29, 0.717) is 0 Å². The molecule has 17 heavy (non-hydrogen) atoms. The lowest BCUT2D eigenvalue weighted by Gasteiger charge is -2.38. The second-order valence-corrected chi connectivity index (χ2v) is 5.76. The van der Waals surface area contributed by atoms with Gasteiger partial charge >= 0.3 is 0 Å². The zero-order chi connectivity index (χ0) is 12.0. The van der Waals surface area contributed by atoms with Gasteiger partial charge in [-0.3, -0.25) is 4.90 Å². The molecule has 1 aromatic rings. The number of hydrogen-bond acceptors (Lipinski definition) is 4. The lowest BCUT2D eigenvalue weighted by molar-refractivity contribution is -0.0262. The van der Waals surface area contributed by atoms with Crippen molar-refractivity contribution >= 4 is 16.5 Å². The molecular weight excluding hydrogens is 244 g/mol. The highest BCUT2D eigenvalue weighted by Gasteiger charge is 2.45. The van der Waals surface area contributed by atoms with Crippen LogP contribution in [-0.2, 0) is 13.0 Å². The number of rotatable bonds is 2. The largest absolute Gasteiger partial charge is 0.336 e. The number of likely N-dealkylation sites (N-methyl/N-ethyl adjacent to an activating group) is 1. The van der Waals surface area contributed by atoms with Crippen LogP contribution in [0.1, 0.15) is 17.5 Å². The highest BCUT2D eigenvalue weighted by molar-refractivity contribution is 7.15. The van der Waals surface area contributed by atoms with Crippen LogP contribution in [0, 0.1) is 0 Å². The van der Waals surface area contributed by atoms with Crippen molar-refractivity contribution in [3.63, 3.8) is 0 Å². The molecule has 0 radical (unpaired) electrons. The Bertz CT molecular complexity index is 424. The Morgan fingerprint density at radius 3 is 2.82 bits per heavy atom. The fraction of sp³-hybridized carbons (Fsp3) is 0.727. The highest BCUT2D eigenvalue weighted by atomic mass is 32.1. The first-order valence-corrected chi connectivity index (χ1v) is 6.73. The molecule has 1 saturated heterocycles. The lowest BCUT2D eigenvalue weighted by Crippen LogP contribution is -2.56. The molecule has 1 aromatic heterocycles. The number of halogens is 2. The quantitative estimate of drug-likeness (QED) is 0.809. The molecule has 0 saturated carbocycles. The Morgan fingerprint density at radius 2 is 2.18 bits per heavy atom. The van der Waals surface area contributed by atoms with Crippen LogP contribution in [-0.4, -0.2) is 42.0 Å². The molecule has 0 N–H and O–H groups in total. The maximum absolute atomic E-state index is 12.8. The van der Waals surface area contributed by atoms with Crippen LogP contribution in [0.4, 0.5) is 13.9 Å². The van der Waals surface area contributed by atoms with E-state index in [1.807, 2.05) is 0 Å². The second kappa shape index (κ2) is 3.88. The van der Waals surface area contributed by atoms with Crippen LogP contribution in [0.3, 0.4) is 0 Å². The molecule has 0 aliphatic carbocycles. The molecule has 0 unspecified atom stereocenters. The van der Waals surface area contributed by atoms with Crippen molar-refractivity contribution in [3.8, 4) is 0 Å². The average molecular weight is 259 g/mol. The maximum Gasteiger partial charge on any atom is 0.282 e. The Morgan fingerprint density at radius 1 is 1.41 bits per heavy atom. The average Bonchev–Trinajstić information content (AvgIpc) is 2.67. The van der Waals surface area contributed by atoms with Gasteiger partial charge in [-0.05, 0) is 13.0 Å².